The third-order valence-corrected chi connectivity index (χ3v) is 6.30. The van der Waals surface area contributed by atoms with Gasteiger partial charge in [-0.3, -0.25) is 4.72 Å². The van der Waals surface area contributed by atoms with E-state index in [4.69, 9.17) is 16.3 Å². The fourth-order valence-electron chi connectivity index (χ4n) is 2.37. The predicted molar refractivity (Wildman–Crippen MR) is 114 cm³/mol. The van der Waals surface area contributed by atoms with Crippen molar-refractivity contribution in [2.75, 3.05) is 32.0 Å². The van der Waals surface area contributed by atoms with E-state index < -0.39 is 10.0 Å². The molecule has 0 fully saturated rings. The second-order valence-corrected chi connectivity index (χ2v) is 9.22. The Hall–Kier alpha value is -2.13. The maximum absolute atomic E-state index is 12.5. The number of para-hydroxylation sites is 1. The normalized spacial score (nSPS) is 11.6. The van der Waals surface area contributed by atoms with Gasteiger partial charge in [-0.25, -0.2) is 13.4 Å². The van der Waals surface area contributed by atoms with Crippen LogP contribution in [0.4, 0.5) is 5.13 Å². The lowest BCUT2D eigenvalue weighted by Crippen LogP contribution is -2.19. The minimum atomic E-state index is -3.73. The second kappa shape index (κ2) is 8.91. The number of hydrogen-bond acceptors (Lipinski definition) is 6. The summed E-state index contributed by atoms with van der Waals surface area (Å²) in [4.78, 5) is 6.59. The van der Waals surface area contributed by atoms with Crippen LogP contribution in [0.5, 0.6) is 5.75 Å². The quantitative estimate of drug-likeness (QED) is 0.571. The minimum Gasteiger partial charge on any atom is -0.492 e. The molecule has 0 bridgehead atoms. The van der Waals surface area contributed by atoms with Crippen molar-refractivity contribution in [3.05, 3.63) is 58.9 Å². The molecule has 2 aromatic carbocycles. The molecule has 1 N–H and O–H groups in total. The van der Waals surface area contributed by atoms with Crippen LogP contribution in [0, 0.1) is 0 Å². The lowest BCUT2D eigenvalue weighted by Gasteiger charge is -2.13. The first-order chi connectivity index (χ1) is 13.3. The fourth-order valence-corrected chi connectivity index (χ4v) is 4.46. The van der Waals surface area contributed by atoms with Gasteiger partial charge in [0.1, 0.15) is 12.4 Å². The number of sulfonamides is 1. The molecule has 1 heterocycles. The molecule has 148 valence electrons. The van der Waals surface area contributed by atoms with Crippen molar-refractivity contribution >= 4 is 38.1 Å². The molecule has 3 rings (SSSR count). The van der Waals surface area contributed by atoms with Gasteiger partial charge in [0.2, 0.25) is 0 Å². The SMILES string of the molecule is CN(C)CCOc1ccccc1-c1csc(NS(=O)(=O)c2ccc(Cl)cc2)n1. The summed E-state index contributed by atoms with van der Waals surface area (Å²) in [6, 6.07) is 13.5. The van der Waals surface area contributed by atoms with Crippen molar-refractivity contribution in [2.24, 2.45) is 0 Å². The molecule has 0 aliphatic carbocycles. The van der Waals surface area contributed by atoms with E-state index in [1.807, 2.05) is 43.3 Å². The first-order valence-corrected chi connectivity index (χ1v) is 11.2. The number of anilines is 1. The summed E-state index contributed by atoms with van der Waals surface area (Å²) >= 11 is 7.04. The summed E-state index contributed by atoms with van der Waals surface area (Å²) in [6.45, 7) is 1.34. The van der Waals surface area contributed by atoms with Gasteiger partial charge in [0.25, 0.3) is 10.0 Å². The van der Waals surface area contributed by atoms with Crippen LogP contribution in [0.15, 0.2) is 58.8 Å². The number of thiazole rings is 1. The number of rotatable bonds is 8. The molecule has 0 saturated carbocycles. The number of hydrogen-bond donors (Lipinski definition) is 1. The van der Waals surface area contributed by atoms with Gasteiger partial charge in [-0.05, 0) is 50.5 Å². The zero-order valence-corrected chi connectivity index (χ0v) is 17.8. The largest absolute Gasteiger partial charge is 0.492 e. The Morgan fingerprint density at radius 1 is 1.14 bits per heavy atom. The van der Waals surface area contributed by atoms with Crippen LogP contribution < -0.4 is 9.46 Å². The average molecular weight is 438 g/mol. The summed E-state index contributed by atoms with van der Waals surface area (Å²) < 4.78 is 33.4. The highest BCUT2D eigenvalue weighted by atomic mass is 35.5. The van der Waals surface area contributed by atoms with E-state index in [9.17, 15) is 8.42 Å². The molecule has 0 unspecified atom stereocenters. The smallest absolute Gasteiger partial charge is 0.263 e. The van der Waals surface area contributed by atoms with Gasteiger partial charge in [-0.15, -0.1) is 11.3 Å². The Labute approximate surface area is 173 Å². The molecular formula is C19H20ClN3O3S2. The van der Waals surface area contributed by atoms with Crippen LogP contribution in [0.3, 0.4) is 0 Å². The van der Waals surface area contributed by atoms with Crippen LogP contribution in [0.1, 0.15) is 0 Å². The Morgan fingerprint density at radius 3 is 2.57 bits per heavy atom. The molecule has 28 heavy (non-hydrogen) atoms. The van der Waals surface area contributed by atoms with Crippen LogP contribution in [0.25, 0.3) is 11.3 Å². The molecule has 0 amide bonds. The number of ether oxygens (including phenoxy) is 1. The molecule has 9 heteroatoms. The summed E-state index contributed by atoms with van der Waals surface area (Å²) in [5.41, 5.74) is 1.47. The molecular weight excluding hydrogens is 418 g/mol. The lowest BCUT2D eigenvalue weighted by molar-refractivity contribution is 0.262. The van der Waals surface area contributed by atoms with Crippen LogP contribution >= 0.6 is 22.9 Å². The Kier molecular flexibility index (Phi) is 6.56. The fraction of sp³-hybridized carbons (Fsp3) is 0.211. The van der Waals surface area contributed by atoms with E-state index in [1.165, 1.54) is 35.6 Å². The Morgan fingerprint density at radius 2 is 1.86 bits per heavy atom. The first-order valence-electron chi connectivity index (χ1n) is 8.46. The topological polar surface area (TPSA) is 71.5 Å². The van der Waals surface area contributed by atoms with E-state index in [0.717, 1.165) is 12.1 Å². The minimum absolute atomic E-state index is 0.126. The van der Waals surface area contributed by atoms with Crippen molar-refractivity contribution < 1.29 is 13.2 Å². The van der Waals surface area contributed by atoms with E-state index in [-0.39, 0.29) is 10.0 Å². The standard InChI is InChI=1S/C19H20ClN3O3S2/c1-23(2)11-12-26-18-6-4-3-5-16(18)17-13-27-19(21-17)22-28(24,25)15-9-7-14(20)8-10-15/h3-10,13H,11-12H2,1-2H3,(H,21,22). The maximum Gasteiger partial charge on any atom is 0.263 e. The summed E-state index contributed by atoms with van der Waals surface area (Å²) in [5, 5.41) is 2.56. The highest BCUT2D eigenvalue weighted by Crippen LogP contribution is 2.33. The maximum atomic E-state index is 12.5. The van der Waals surface area contributed by atoms with Gasteiger partial charge in [0.05, 0.1) is 10.6 Å². The third kappa shape index (κ3) is 5.23. The molecule has 0 radical (unpaired) electrons. The van der Waals surface area contributed by atoms with Gasteiger partial charge in [-0.1, -0.05) is 23.7 Å². The highest BCUT2D eigenvalue weighted by Gasteiger charge is 2.17. The third-order valence-electron chi connectivity index (χ3n) is 3.81. The van der Waals surface area contributed by atoms with E-state index in [0.29, 0.717) is 23.1 Å². The number of nitrogens with zero attached hydrogens (tertiary/aromatic N) is 2. The van der Waals surface area contributed by atoms with E-state index in [2.05, 4.69) is 9.71 Å². The van der Waals surface area contributed by atoms with Crippen molar-refractivity contribution in [3.63, 3.8) is 0 Å². The zero-order chi connectivity index (χ0) is 20.1. The number of likely N-dealkylation sites (N-methyl/N-ethyl adjacent to an activating group) is 1. The van der Waals surface area contributed by atoms with Crippen molar-refractivity contribution in [1.29, 1.82) is 0 Å². The molecule has 1 aromatic heterocycles. The van der Waals surface area contributed by atoms with Gasteiger partial charge >= 0.3 is 0 Å². The van der Waals surface area contributed by atoms with Crippen LogP contribution in [-0.4, -0.2) is 45.5 Å². The molecule has 0 atom stereocenters. The predicted octanol–water partition coefficient (Wildman–Crippen LogP) is 4.20. The molecule has 0 aliphatic heterocycles. The molecule has 6 nitrogen and oxygen atoms in total. The Balaban J connectivity index is 1.78. The monoisotopic (exact) mass is 437 g/mol. The summed E-state index contributed by atoms with van der Waals surface area (Å²) in [6.07, 6.45) is 0. The van der Waals surface area contributed by atoms with Gasteiger partial charge in [0.15, 0.2) is 5.13 Å². The van der Waals surface area contributed by atoms with Crippen molar-refractivity contribution in [3.8, 4) is 17.0 Å². The van der Waals surface area contributed by atoms with E-state index >= 15 is 0 Å². The summed E-state index contributed by atoms with van der Waals surface area (Å²) in [7, 11) is 0.232. The second-order valence-electron chi connectivity index (χ2n) is 6.25. The highest BCUT2D eigenvalue weighted by molar-refractivity contribution is 7.93. The summed E-state index contributed by atoms with van der Waals surface area (Å²) in [5.74, 6) is 0.710. The zero-order valence-electron chi connectivity index (χ0n) is 15.4. The van der Waals surface area contributed by atoms with Crippen molar-refractivity contribution in [2.45, 2.75) is 4.90 Å². The molecule has 3 aromatic rings. The lowest BCUT2D eigenvalue weighted by atomic mass is 10.1. The van der Waals surface area contributed by atoms with Crippen LogP contribution in [-0.2, 0) is 10.0 Å². The van der Waals surface area contributed by atoms with Crippen molar-refractivity contribution in [1.82, 2.24) is 9.88 Å². The van der Waals surface area contributed by atoms with Gasteiger partial charge < -0.3 is 9.64 Å². The first kappa shape index (κ1) is 20.6. The van der Waals surface area contributed by atoms with Gasteiger partial charge in [0, 0.05) is 22.5 Å². The number of halogens is 1. The number of benzene rings is 2. The molecule has 0 saturated heterocycles. The van der Waals surface area contributed by atoms with Crippen LogP contribution in [0.2, 0.25) is 5.02 Å². The number of nitrogens with one attached hydrogen (secondary N) is 1. The number of aromatic nitrogens is 1. The van der Waals surface area contributed by atoms with Gasteiger partial charge in [-0.2, -0.15) is 0 Å². The molecule has 0 spiro atoms. The average Bonchev–Trinajstić information content (AvgIpc) is 3.10. The van der Waals surface area contributed by atoms with E-state index in [1.54, 1.807) is 5.38 Å². The molecule has 0 aliphatic rings. The Bertz CT molecular complexity index is 1030.